The number of carboxylic acid groups (broad SMARTS) is 2. The molecule has 242 valence electrons. The Morgan fingerprint density at radius 3 is 2.54 bits per heavy atom. The molecule has 4 unspecified atom stereocenters. The number of quaternary nitrogens is 1. The lowest BCUT2D eigenvalue weighted by Crippen LogP contribution is -3.08. The Hall–Kier alpha value is -4.78. The number of hydrogen-bond acceptors (Lipinski definition) is 10. The van der Waals surface area contributed by atoms with Crippen LogP contribution in [0.2, 0.25) is 0 Å². The number of aliphatic carboxylic acids is 1. The number of thioether (sulfide) groups is 1. The first kappa shape index (κ1) is 32.6. The minimum atomic E-state index is -4.35. The number of amides is 3. The van der Waals surface area contributed by atoms with Crippen LogP contribution in [-0.4, -0.2) is 104 Å². The second kappa shape index (κ2) is 13.3. The standard InChI is InChI=1S/C28H28N6O10S2/c35-23(18(16-4-2-1-3-5-16)31-24(36)19-20(27(38)39)30-14-29-19)32-21-25(37)34-22(28(40)41)17(13-45-26(21)34)12-33-9-6-15(7-10-33)8-11-46(42,43)44/h1-7,9,14,18,21,26H,8,10-13H2,(H,29,30)(H,31,36)(H,32,35)(H,38,39)(H,40,41)(H,42,43,44). The van der Waals surface area contributed by atoms with Crippen molar-refractivity contribution in [3.05, 3.63) is 88.8 Å². The van der Waals surface area contributed by atoms with E-state index in [1.54, 1.807) is 48.7 Å². The number of carboxylic acids is 2. The molecule has 0 saturated carbocycles. The summed E-state index contributed by atoms with van der Waals surface area (Å²) in [6, 6.07) is 5.65. The first-order chi connectivity index (χ1) is 21.8. The Kier molecular flexibility index (Phi) is 9.42. The summed E-state index contributed by atoms with van der Waals surface area (Å²) >= 11 is 1.27. The number of carbonyl (C=O) groups excluding carboxylic acids is 3. The fourth-order valence-electron chi connectivity index (χ4n) is 5.29. The van der Waals surface area contributed by atoms with Gasteiger partial charge in [-0.3, -0.25) is 19.3 Å². The van der Waals surface area contributed by atoms with Crippen molar-refractivity contribution in [2.24, 2.45) is 0 Å². The van der Waals surface area contributed by atoms with Crippen LogP contribution >= 0.6 is 11.8 Å². The van der Waals surface area contributed by atoms with Crippen molar-refractivity contribution in [3.8, 4) is 0 Å². The second-order valence-electron chi connectivity index (χ2n) is 10.6. The van der Waals surface area contributed by atoms with Crippen LogP contribution in [0.3, 0.4) is 0 Å². The van der Waals surface area contributed by atoms with Crippen LogP contribution < -0.4 is 15.5 Å². The van der Waals surface area contributed by atoms with Gasteiger partial charge in [0.1, 0.15) is 36.2 Å². The van der Waals surface area contributed by atoms with Gasteiger partial charge < -0.3 is 35.3 Å². The van der Waals surface area contributed by atoms with Crippen LogP contribution in [0.15, 0.2) is 71.9 Å². The molecule has 18 heteroatoms. The number of fused-ring (bicyclic) bond motifs is 1. The molecule has 5 rings (SSSR count). The summed E-state index contributed by atoms with van der Waals surface area (Å²) in [7, 11) is -4.35. The minimum Gasteiger partial charge on any atom is -0.748 e. The van der Waals surface area contributed by atoms with Gasteiger partial charge in [-0.05, 0) is 29.7 Å². The Morgan fingerprint density at radius 2 is 1.91 bits per heavy atom. The molecule has 46 heavy (non-hydrogen) atoms. The molecule has 0 bridgehead atoms. The van der Waals surface area contributed by atoms with Gasteiger partial charge in [-0.15, -0.1) is 11.8 Å². The van der Waals surface area contributed by atoms with Crippen molar-refractivity contribution in [3.63, 3.8) is 0 Å². The topological polar surface area (TPSA) is 243 Å². The zero-order chi connectivity index (χ0) is 33.2. The maximum atomic E-state index is 13.5. The third-order valence-electron chi connectivity index (χ3n) is 7.53. The van der Waals surface area contributed by atoms with Gasteiger partial charge >= 0.3 is 11.9 Å². The molecule has 16 nitrogen and oxygen atoms in total. The van der Waals surface area contributed by atoms with E-state index >= 15 is 0 Å². The van der Waals surface area contributed by atoms with E-state index in [1.165, 1.54) is 11.8 Å². The van der Waals surface area contributed by atoms with E-state index in [4.69, 9.17) is 0 Å². The number of aromatic carboxylic acids is 1. The van der Waals surface area contributed by atoms with E-state index in [9.17, 15) is 47.2 Å². The van der Waals surface area contributed by atoms with Crippen LogP contribution in [0.5, 0.6) is 0 Å². The molecular formula is C28H28N6O10S2. The van der Waals surface area contributed by atoms with Gasteiger partial charge in [0.2, 0.25) is 5.91 Å². The highest BCUT2D eigenvalue weighted by atomic mass is 32.2. The number of hydrogen-bond donors (Lipinski definition) is 6. The third-order valence-corrected chi connectivity index (χ3v) is 9.57. The van der Waals surface area contributed by atoms with Gasteiger partial charge in [-0.2, -0.15) is 0 Å². The van der Waals surface area contributed by atoms with E-state index in [0.717, 1.165) is 16.1 Å². The maximum absolute atomic E-state index is 13.5. The Morgan fingerprint density at radius 1 is 1.17 bits per heavy atom. The molecule has 3 amide bonds. The molecule has 0 spiro atoms. The van der Waals surface area contributed by atoms with Gasteiger partial charge in [0, 0.05) is 17.1 Å². The van der Waals surface area contributed by atoms with Gasteiger partial charge in [0.25, 0.3) is 11.8 Å². The molecule has 2 aromatic rings. The highest BCUT2D eigenvalue weighted by Crippen LogP contribution is 2.40. The molecule has 6 N–H and O–H groups in total. The number of rotatable bonds is 12. The number of β-lactam (4-membered cyclic amide) rings is 1. The molecule has 1 saturated heterocycles. The zero-order valence-corrected chi connectivity index (χ0v) is 25.5. The minimum absolute atomic E-state index is 0.0762. The number of aromatic amines is 1. The molecule has 1 fully saturated rings. The van der Waals surface area contributed by atoms with E-state index in [0.29, 0.717) is 23.3 Å². The van der Waals surface area contributed by atoms with E-state index in [1.807, 2.05) is 0 Å². The summed E-state index contributed by atoms with van der Waals surface area (Å²) < 4.78 is 32.8. The Bertz CT molecular complexity index is 1790. The summed E-state index contributed by atoms with van der Waals surface area (Å²) in [6.07, 6.45) is 6.31. The van der Waals surface area contributed by atoms with E-state index in [2.05, 4.69) is 20.6 Å². The number of nitrogens with zero attached hydrogens (tertiary/aromatic N) is 2. The first-order valence-electron chi connectivity index (χ1n) is 13.8. The summed E-state index contributed by atoms with van der Waals surface area (Å²) in [5.41, 5.74) is 0.435. The fraction of sp³-hybridized carbons (Fsp3) is 0.286. The van der Waals surface area contributed by atoms with Gasteiger partial charge in [-0.1, -0.05) is 30.3 Å². The fourth-order valence-corrected chi connectivity index (χ4v) is 7.12. The van der Waals surface area contributed by atoms with Crippen molar-refractivity contribution >= 4 is 51.5 Å². The summed E-state index contributed by atoms with van der Waals surface area (Å²) in [6.45, 7) is 0.663. The predicted octanol–water partition coefficient (Wildman–Crippen LogP) is -1.41. The van der Waals surface area contributed by atoms with E-state index in [-0.39, 0.29) is 24.4 Å². The number of aromatic nitrogens is 2. The average molecular weight is 673 g/mol. The van der Waals surface area contributed by atoms with Crippen LogP contribution in [0.25, 0.3) is 0 Å². The SMILES string of the molecule is O=C(O)C1=C(C[NH+]2C=CC(CCS(=O)(=O)[O-])=CC2)CSC2C(NC(=O)C(NC(=O)c3nc[nH]c3C(=O)O)c3ccccc3)C(=O)N12. The van der Waals surface area contributed by atoms with Crippen molar-refractivity contribution in [1.29, 1.82) is 0 Å². The number of H-pyrrole nitrogens is 1. The molecule has 1 aromatic carbocycles. The molecule has 0 aliphatic carbocycles. The third kappa shape index (κ3) is 7.04. The van der Waals surface area contributed by atoms with Gasteiger partial charge in [-0.25, -0.2) is 23.0 Å². The Balaban J connectivity index is 1.28. The lowest BCUT2D eigenvalue weighted by Gasteiger charge is -2.49. The smallest absolute Gasteiger partial charge is 0.354 e. The molecule has 4 atom stereocenters. The zero-order valence-electron chi connectivity index (χ0n) is 23.8. The van der Waals surface area contributed by atoms with Crippen molar-refractivity contribution < 1.29 is 52.1 Å². The number of allylic oxidation sites excluding steroid dienone is 2. The van der Waals surface area contributed by atoms with Crippen molar-refractivity contribution in [2.45, 2.75) is 23.9 Å². The molecule has 3 aliphatic heterocycles. The number of benzene rings is 1. The number of carbonyl (C=O) groups is 5. The lowest BCUT2D eigenvalue weighted by molar-refractivity contribution is -0.835. The summed E-state index contributed by atoms with van der Waals surface area (Å²) in [5, 5.41) is 23.8. The van der Waals surface area contributed by atoms with Gasteiger partial charge in [0.05, 0.1) is 22.6 Å². The summed E-state index contributed by atoms with van der Waals surface area (Å²) in [5.74, 6) is -5.36. The van der Waals surface area contributed by atoms with Crippen LogP contribution in [0, 0.1) is 0 Å². The molecule has 0 radical (unpaired) electrons. The average Bonchev–Trinajstić information content (AvgIpc) is 3.52. The number of imidazole rings is 1. The lowest BCUT2D eigenvalue weighted by atomic mass is 10.0. The maximum Gasteiger partial charge on any atom is 0.354 e. The Labute approximate surface area is 266 Å². The van der Waals surface area contributed by atoms with Crippen LogP contribution in [-0.2, 0) is 24.5 Å². The molecule has 4 heterocycles. The second-order valence-corrected chi connectivity index (χ2v) is 13.2. The highest BCUT2D eigenvalue weighted by molar-refractivity contribution is 8.00. The largest absolute Gasteiger partial charge is 0.748 e. The quantitative estimate of drug-likeness (QED) is 0.113. The molecule has 3 aliphatic rings. The van der Waals surface area contributed by atoms with Crippen LogP contribution in [0.4, 0.5) is 0 Å². The highest BCUT2D eigenvalue weighted by Gasteiger charge is 2.55. The number of nitrogens with one attached hydrogen (secondary N) is 4. The normalized spacial score (nSPS) is 21.5. The monoisotopic (exact) mass is 672 g/mol. The van der Waals surface area contributed by atoms with Gasteiger partial charge in [0.15, 0.2) is 11.4 Å². The van der Waals surface area contributed by atoms with E-state index < -0.39 is 74.4 Å². The summed E-state index contributed by atoms with van der Waals surface area (Å²) in [4.78, 5) is 71.6. The molecular weight excluding hydrogens is 644 g/mol. The van der Waals surface area contributed by atoms with Crippen molar-refractivity contribution in [2.75, 3.05) is 24.6 Å². The molecule has 1 aromatic heterocycles. The first-order valence-corrected chi connectivity index (χ1v) is 16.4. The van der Waals surface area contributed by atoms with Crippen LogP contribution in [0.1, 0.15) is 39.0 Å². The van der Waals surface area contributed by atoms with Crippen molar-refractivity contribution in [1.82, 2.24) is 25.5 Å². The predicted molar refractivity (Wildman–Crippen MR) is 159 cm³/mol.